The van der Waals surface area contributed by atoms with Crippen molar-refractivity contribution in [2.45, 2.75) is 0 Å². The molecule has 0 atom stereocenters. The van der Waals surface area contributed by atoms with Crippen molar-refractivity contribution in [1.82, 2.24) is 0 Å². The van der Waals surface area contributed by atoms with Crippen molar-refractivity contribution in [3.05, 3.63) is 0 Å². The van der Waals surface area contributed by atoms with Gasteiger partial charge in [-0.25, -0.2) is 0 Å². The topological polar surface area (TPSA) is 0 Å². The van der Waals surface area contributed by atoms with E-state index >= 15 is 0 Å². The quantitative estimate of drug-likeness (QED) is 0.192. The number of rotatable bonds is 13. The van der Waals surface area contributed by atoms with Crippen LogP contribution < -0.4 is 0 Å². The van der Waals surface area contributed by atoms with Gasteiger partial charge in [-0.15, -0.1) is 0 Å². The molecule has 0 amide bonds. The Kier molecular flexibility index (Phi) is 17.1. The Labute approximate surface area is 114 Å². The zero-order valence-corrected chi connectivity index (χ0v) is 9.24. The van der Waals surface area contributed by atoms with Crippen LogP contribution >= 0.6 is 0 Å². The average Bonchev–Trinajstić information content (AvgIpc) is 2.31. The van der Waals surface area contributed by atoms with Crippen LogP contribution in [0, 0.1) is 0 Å². The van der Waals surface area contributed by atoms with E-state index in [0.717, 1.165) is 0 Å². The summed E-state index contributed by atoms with van der Waals surface area (Å²) in [4.78, 5) is 0. The molecule has 48 valence electrons. The first-order valence-electron chi connectivity index (χ1n) is 5.00. The molecule has 0 aliphatic heterocycles. The third-order valence-corrected chi connectivity index (χ3v) is 1.44. The van der Waals surface area contributed by atoms with Gasteiger partial charge in [0.05, 0.1) is 0 Å². The maximum absolute atomic E-state index is 5.16. The summed E-state index contributed by atoms with van der Waals surface area (Å²) in [6.45, 7) is 0. The molecular formula is B16. The van der Waals surface area contributed by atoms with Gasteiger partial charge in [0, 0.05) is 114 Å². The van der Waals surface area contributed by atoms with Gasteiger partial charge in [-0.05, 0) is 0 Å². The van der Waals surface area contributed by atoms with E-state index in [1.54, 1.807) is 14.1 Å². The first kappa shape index (κ1) is 17.0. The molecule has 0 aromatic rings. The Hall–Kier alpha value is 1.04. The third kappa shape index (κ3) is 15.0. The lowest BCUT2D eigenvalue weighted by molar-refractivity contribution is 3.79. The average molecular weight is 173 g/mol. The standard InChI is InChI=1S/B16/c1-3-5-7-9-11-13-15-16-14-12-10-8-6-4-2. The van der Waals surface area contributed by atoms with Crippen LogP contribution in [0.2, 0.25) is 0 Å². The van der Waals surface area contributed by atoms with Crippen LogP contribution in [0.3, 0.4) is 0 Å². The SMILES string of the molecule is [B][B][B][B][B][B][B][B][B][B][B][B][B][B][B][B]. The van der Waals surface area contributed by atoms with E-state index in [4.69, 9.17) is 15.5 Å². The third-order valence-electron chi connectivity index (χ3n) is 1.44. The highest BCUT2D eigenvalue weighted by atomic mass is 12.8. The van der Waals surface area contributed by atoms with Crippen LogP contribution in [0.15, 0.2) is 0 Å². The van der Waals surface area contributed by atoms with Gasteiger partial charge in [-0.3, -0.25) is 0 Å². The Morgan fingerprint density at radius 1 is 0.312 bits per heavy atom. The second kappa shape index (κ2) is 16.0. The molecular weight excluding hydrogens is 173 g/mol. The Morgan fingerprint density at radius 3 is 0.688 bits per heavy atom. The minimum absolute atomic E-state index is 1.49. The highest BCUT2D eigenvalue weighted by molar-refractivity contribution is 7.73. The van der Waals surface area contributed by atoms with E-state index in [0.29, 0.717) is 0 Å². The van der Waals surface area contributed by atoms with Gasteiger partial charge in [0.25, 0.3) is 0 Å². The van der Waals surface area contributed by atoms with Crippen LogP contribution in [-0.2, 0) is 0 Å². The Morgan fingerprint density at radius 2 is 0.500 bits per heavy atom. The smallest absolute Gasteiger partial charge is 0 e. The summed E-state index contributed by atoms with van der Waals surface area (Å²) < 4.78 is 0. The van der Waals surface area contributed by atoms with Crippen molar-refractivity contribution in [3.63, 3.8) is 0 Å². The number of hydrogen-bond donors (Lipinski definition) is 0. The monoisotopic (exact) mass is 176 g/mol. The molecule has 0 aromatic heterocycles. The molecule has 0 nitrogen and oxygen atoms in total. The summed E-state index contributed by atoms with van der Waals surface area (Å²) in [5, 5.41) is 0. The highest BCUT2D eigenvalue weighted by Crippen LogP contribution is 1.60. The van der Waals surface area contributed by atoms with Crippen molar-refractivity contribution in [2.24, 2.45) is 0 Å². The van der Waals surface area contributed by atoms with E-state index < -0.39 is 0 Å². The summed E-state index contributed by atoms with van der Waals surface area (Å²) >= 11 is 0. The first-order chi connectivity index (χ1) is 7.91. The van der Waals surface area contributed by atoms with Gasteiger partial charge >= 0.3 is 0 Å². The Balaban J connectivity index is 2.83. The van der Waals surface area contributed by atoms with Crippen LogP contribution in [0.25, 0.3) is 0 Å². The molecule has 18 radical (unpaired) electrons. The molecule has 16 heteroatoms. The fourth-order valence-corrected chi connectivity index (χ4v) is 0.770. The van der Waals surface area contributed by atoms with E-state index in [-0.39, 0.29) is 0 Å². The molecule has 0 N–H and O–H groups in total. The lowest BCUT2D eigenvalue weighted by Crippen LogP contribution is -2.35. The van der Waals surface area contributed by atoms with Crippen LogP contribution in [-0.4, -0.2) is 114 Å². The molecule has 0 rings (SSSR count). The molecule has 0 spiro atoms. The molecule has 0 aliphatic rings. The first-order valence-corrected chi connectivity index (χ1v) is 5.00. The number of hydrogen-bond acceptors (Lipinski definition) is 0. The summed E-state index contributed by atoms with van der Waals surface area (Å²) in [7, 11) is 36.0. The van der Waals surface area contributed by atoms with Crippen LogP contribution in [0.1, 0.15) is 0 Å². The summed E-state index contributed by atoms with van der Waals surface area (Å²) in [6.07, 6.45) is 0. The van der Waals surface area contributed by atoms with E-state index in [1.165, 1.54) is 14.1 Å². The van der Waals surface area contributed by atoms with Gasteiger partial charge < -0.3 is 0 Å². The molecule has 0 fully saturated rings. The highest BCUT2D eigenvalue weighted by Gasteiger charge is 1.98. The van der Waals surface area contributed by atoms with Gasteiger partial charge in [0.2, 0.25) is 0 Å². The van der Waals surface area contributed by atoms with Crippen molar-refractivity contribution in [2.75, 3.05) is 0 Å². The molecule has 0 aliphatic carbocycles. The van der Waals surface area contributed by atoms with Crippen LogP contribution in [0.4, 0.5) is 0 Å². The van der Waals surface area contributed by atoms with E-state index in [9.17, 15) is 0 Å². The lowest BCUT2D eigenvalue weighted by atomic mass is 8.85. The second-order valence-corrected chi connectivity index (χ2v) is 2.69. The molecule has 0 heterocycles. The summed E-state index contributed by atoms with van der Waals surface area (Å²) in [6, 6.07) is 0. The van der Waals surface area contributed by atoms with Crippen molar-refractivity contribution < 1.29 is 0 Å². The van der Waals surface area contributed by atoms with Gasteiger partial charge in [0.1, 0.15) is 0 Å². The fraction of sp³-hybridized carbons (Fsp3) is 0. The molecule has 0 saturated heterocycles. The second-order valence-electron chi connectivity index (χ2n) is 2.69. The van der Waals surface area contributed by atoms with Gasteiger partial charge in [0.15, 0.2) is 0 Å². The van der Waals surface area contributed by atoms with Crippen LogP contribution in [0.5, 0.6) is 0 Å². The summed E-state index contributed by atoms with van der Waals surface area (Å²) in [5.41, 5.74) is 0. The van der Waals surface area contributed by atoms with E-state index in [2.05, 4.69) is 0 Å². The molecule has 16 heavy (non-hydrogen) atoms. The zero-order valence-electron chi connectivity index (χ0n) is 9.24. The van der Waals surface area contributed by atoms with Crippen molar-refractivity contribution in [3.8, 4) is 0 Å². The van der Waals surface area contributed by atoms with Crippen molar-refractivity contribution >= 4 is 114 Å². The molecule has 0 unspecified atom stereocenters. The maximum Gasteiger partial charge on any atom is 0 e. The fourth-order valence-electron chi connectivity index (χ4n) is 0.770. The largest absolute Gasteiger partial charge is 0 e. The molecule has 0 bridgehead atoms. The van der Waals surface area contributed by atoms with Gasteiger partial charge in [-0.1, -0.05) is 0 Å². The predicted octanol–water partition coefficient (Wildman–Crippen LogP) is -6.09. The Bertz CT molecular complexity index is 92.6. The maximum atomic E-state index is 5.16. The predicted molar refractivity (Wildman–Crippen MR) is 92.1 cm³/mol. The van der Waals surface area contributed by atoms with Gasteiger partial charge in [-0.2, -0.15) is 0 Å². The lowest BCUT2D eigenvalue weighted by Gasteiger charge is -1.96. The van der Waals surface area contributed by atoms with Crippen molar-refractivity contribution in [1.29, 1.82) is 0 Å². The zero-order chi connectivity index (χ0) is 11.9. The molecule has 0 saturated carbocycles. The summed E-state index contributed by atoms with van der Waals surface area (Å²) in [5.74, 6) is 0. The van der Waals surface area contributed by atoms with E-state index in [1.807, 2.05) is 70.6 Å². The minimum Gasteiger partial charge on any atom is 0 e. The normalized spacial score (nSPS) is 7.25. The minimum atomic E-state index is 1.49. The molecule has 0 aromatic carbocycles.